The highest BCUT2D eigenvalue weighted by Crippen LogP contribution is 2.23. The van der Waals surface area contributed by atoms with E-state index in [1.54, 1.807) is 27.8 Å². The molecule has 1 saturated heterocycles. The van der Waals surface area contributed by atoms with Crippen LogP contribution in [-0.2, 0) is 4.79 Å². The fourth-order valence-electron chi connectivity index (χ4n) is 2.77. The number of benzene rings is 1. The maximum absolute atomic E-state index is 13.8. The van der Waals surface area contributed by atoms with Crippen LogP contribution in [0.1, 0.15) is 38.8 Å². The lowest BCUT2D eigenvalue weighted by molar-refractivity contribution is -0.130. The van der Waals surface area contributed by atoms with E-state index >= 15 is 0 Å². The summed E-state index contributed by atoms with van der Waals surface area (Å²) in [4.78, 5) is 26.9. The van der Waals surface area contributed by atoms with Crippen LogP contribution in [0, 0.1) is 11.6 Å². The highest BCUT2D eigenvalue weighted by Gasteiger charge is 2.43. The Balaban J connectivity index is 1.91. The van der Waals surface area contributed by atoms with Gasteiger partial charge in [-0.15, -0.1) is 0 Å². The van der Waals surface area contributed by atoms with Crippen LogP contribution in [-0.4, -0.2) is 47.4 Å². The molecule has 1 atom stereocenters. The molecule has 1 unspecified atom stereocenters. The summed E-state index contributed by atoms with van der Waals surface area (Å²) in [6, 6.07) is 2.68. The van der Waals surface area contributed by atoms with Crippen molar-refractivity contribution in [3.05, 3.63) is 35.4 Å². The normalized spacial score (nSPS) is 18.2. The summed E-state index contributed by atoms with van der Waals surface area (Å²) < 4.78 is 27.1. The van der Waals surface area contributed by atoms with Crippen LogP contribution in [0.4, 0.5) is 13.6 Å². The Morgan fingerprint density at radius 1 is 1.29 bits per heavy atom. The van der Waals surface area contributed by atoms with E-state index in [1.807, 2.05) is 4.90 Å². The Morgan fingerprint density at radius 2 is 1.96 bits per heavy atom. The van der Waals surface area contributed by atoms with E-state index in [0.29, 0.717) is 13.0 Å². The minimum absolute atomic E-state index is 0.251. The van der Waals surface area contributed by atoms with E-state index in [2.05, 4.69) is 5.32 Å². The maximum atomic E-state index is 13.8. The second-order valence-electron chi connectivity index (χ2n) is 6.69. The van der Waals surface area contributed by atoms with Gasteiger partial charge in [0, 0.05) is 24.7 Å². The molecular formula is C17H23F2N3O2. The Kier molecular flexibility index (Phi) is 5.22. The van der Waals surface area contributed by atoms with Gasteiger partial charge < -0.3 is 5.32 Å². The van der Waals surface area contributed by atoms with Gasteiger partial charge in [-0.05, 0) is 52.4 Å². The zero-order valence-corrected chi connectivity index (χ0v) is 14.4. The van der Waals surface area contributed by atoms with E-state index in [4.69, 9.17) is 0 Å². The van der Waals surface area contributed by atoms with Crippen LogP contribution >= 0.6 is 0 Å². The van der Waals surface area contributed by atoms with Crippen molar-refractivity contribution in [3.63, 3.8) is 0 Å². The van der Waals surface area contributed by atoms with Gasteiger partial charge in [-0.2, -0.15) is 0 Å². The van der Waals surface area contributed by atoms with Gasteiger partial charge in [-0.25, -0.2) is 13.6 Å². The molecule has 2 rings (SSSR count). The lowest BCUT2D eigenvalue weighted by Crippen LogP contribution is -2.40. The van der Waals surface area contributed by atoms with Crippen LogP contribution in [0.2, 0.25) is 0 Å². The summed E-state index contributed by atoms with van der Waals surface area (Å²) in [7, 11) is 1.80. The Morgan fingerprint density at radius 3 is 2.54 bits per heavy atom. The largest absolute Gasteiger partial charge is 0.325 e. The number of halogens is 2. The number of nitrogens with zero attached hydrogens (tertiary/aromatic N) is 2. The third kappa shape index (κ3) is 3.72. The molecule has 5 nitrogen and oxygen atoms in total. The van der Waals surface area contributed by atoms with Crippen molar-refractivity contribution in [2.75, 3.05) is 20.1 Å². The van der Waals surface area contributed by atoms with Crippen LogP contribution in [0.5, 0.6) is 0 Å². The van der Waals surface area contributed by atoms with Gasteiger partial charge in [-0.3, -0.25) is 14.6 Å². The fraction of sp³-hybridized carbons (Fsp3) is 0.529. The number of carbonyl (C=O) groups excluding carboxylic acids is 2. The number of amides is 3. The molecule has 132 valence electrons. The van der Waals surface area contributed by atoms with Crippen molar-refractivity contribution in [2.45, 2.75) is 38.8 Å². The monoisotopic (exact) mass is 339 g/mol. The number of imide groups is 1. The molecule has 1 aromatic rings. The second-order valence-corrected chi connectivity index (χ2v) is 6.69. The number of urea groups is 1. The molecule has 1 fully saturated rings. The molecule has 1 aromatic carbocycles. The van der Waals surface area contributed by atoms with Crippen molar-refractivity contribution in [2.24, 2.45) is 0 Å². The van der Waals surface area contributed by atoms with E-state index in [-0.39, 0.29) is 24.1 Å². The quantitative estimate of drug-likeness (QED) is 0.811. The smallest absolute Gasteiger partial charge is 0.324 e. The zero-order valence-electron chi connectivity index (χ0n) is 14.4. The number of rotatable bonds is 6. The van der Waals surface area contributed by atoms with Crippen molar-refractivity contribution in [3.8, 4) is 0 Å². The molecule has 1 N–H and O–H groups in total. The molecule has 0 radical (unpaired) electrons. The number of carbonyl (C=O) groups is 2. The van der Waals surface area contributed by atoms with E-state index in [9.17, 15) is 18.4 Å². The standard InChI is InChI=1S/C17H23F2N3O2/c1-11(13-10-12(18)6-7-14(13)19)21(4)8-5-9-22-15(23)17(2,3)20-16(22)24/h6-7,10-11H,5,8-9H2,1-4H3,(H,20,24). The van der Waals surface area contributed by atoms with Crippen molar-refractivity contribution in [1.82, 2.24) is 15.1 Å². The fourth-order valence-corrected chi connectivity index (χ4v) is 2.77. The molecule has 3 amide bonds. The molecule has 0 aromatic heterocycles. The molecule has 24 heavy (non-hydrogen) atoms. The van der Waals surface area contributed by atoms with E-state index in [0.717, 1.165) is 12.1 Å². The third-order valence-corrected chi connectivity index (χ3v) is 4.41. The van der Waals surface area contributed by atoms with Crippen LogP contribution in [0.25, 0.3) is 0 Å². The Hall–Kier alpha value is -2.02. The number of hydrogen-bond donors (Lipinski definition) is 1. The average Bonchev–Trinajstić information content (AvgIpc) is 2.70. The summed E-state index contributed by atoms with van der Waals surface area (Å²) in [6.45, 7) is 5.93. The van der Waals surface area contributed by atoms with Gasteiger partial charge >= 0.3 is 6.03 Å². The summed E-state index contributed by atoms with van der Waals surface area (Å²) in [5.74, 6) is -1.18. The molecule has 1 aliphatic rings. The first-order valence-electron chi connectivity index (χ1n) is 7.93. The summed E-state index contributed by atoms with van der Waals surface area (Å²) >= 11 is 0. The van der Waals surface area contributed by atoms with E-state index < -0.39 is 23.2 Å². The molecule has 1 aliphatic heterocycles. The first-order valence-corrected chi connectivity index (χ1v) is 7.93. The molecule has 0 saturated carbocycles. The van der Waals surface area contributed by atoms with Gasteiger partial charge in [-0.1, -0.05) is 0 Å². The van der Waals surface area contributed by atoms with Crippen molar-refractivity contribution >= 4 is 11.9 Å². The Bertz CT molecular complexity index is 649. The van der Waals surface area contributed by atoms with Crippen molar-refractivity contribution in [1.29, 1.82) is 0 Å². The molecule has 0 aliphatic carbocycles. The van der Waals surface area contributed by atoms with Crippen LogP contribution < -0.4 is 5.32 Å². The number of hydrogen-bond acceptors (Lipinski definition) is 3. The molecular weight excluding hydrogens is 316 g/mol. The van der Waals surface area contributed by atoms with Crippen molar-refractivity contribution < 1.29 is 18.4 Å². The van der Waals surface area contributed by atoms with Crippen LogP contribution in [0.3, 0.4) is 0 Å². The van der Waals surface area contributed by atoms with Gasteiger partial charge in [0.2, 0.25) is 0 Å². The average molecular weight is 339 g/mol. The van der Waals surface area contributed by atoms with Crippen LogP contribution in [0.15, 0.2) is 18.2 Å². The molecule has 0 spiro atoms. The zero-order chi connectivity index (χ0) is 18.1. The van der Waals surface area contributed by atoms with Gasteiger partial charge in [0.25, 0.3) is 5.91 Å². The summed E-state index contributed by atoms with van der Waals surface area (Å²) in [5, 5.41) is 2.63. The third-order valence-electron chi connectivity index (χ3n) is 4.41. The Labute approximate surface area is 140 Å². The lowest BCUT2D eigenvalue weighted by atomic mass is 10.1. The first-order chi connectivity index (χ1) is 11.1. The minimum Gasteiger partial charge on any atom is -0.324 e. The van der Waals surface area contributed by atoms with Gasteiger partial charge in [0.15, 0.2) is 0 Å². The second kappa shape index (κ2) is 6.84. The van der Waals surface area contributed by atoms with Gasteiger partial charge in [0.05, 0.1) is 0 Å². The molecule has 0 bridgehead atoms. The minimum atomic E-state index is -0.874. The highest BCUT2D eigenvalue weighted by molar-refractivity contribution is 6.06. The van der Waals surface area contributed by atoms with Gasteiger partial charge in [0.1, 0.15) is 17.2 Å². The SMILES string of the molecule is CC(c1cc(F)ccc1F)N(C)CCCN1C(=O)NC(C)(C)C1=O. The first kappa shape index (κ1) is 18.3. The highest BCUT2D eigenvalue weighted by atomic mass is 19.1. The maximum Gasteiger partial charge on any atom is 0.325 e. The topological polar surface area (TPSA) is 52.6 Å². The molecule has 7 heteroatoms. The van der Waals surface area contributed by atoms with E-state index in [1.165, 1.54) is 11.0 Å². The summed E-state index contributed by atoms with van der Waals surface area (Å²) in [6.07, 6.45) is 0.549. The number of nitrogens with one attached hydrogen (secondary N) is 1. The predicted molar refractivity (Wildman–Crippen MR) is 86.3 cm³/mol. The predicted octanol–water partition coefficient (Wildman–Crippen LogP) is 2.68. The lowest BCUT2D eigenvalue weighted by Gasteiger charge is -2.26. The summed E-state index contributed by atoms with van der Waals surface area (Å²) in [5.41, 5.74) is -0.588. The molecule has 1 heterocycles.